The number of thioether (sulfide) groups is 1. The Morgan fingerprint density at radius 3 is 2.45 bits per heavy atom. The van der Waals surface area contributed by atoms with Crippen molar-refractivity contribution in [2.75, 3.05) is 7.11 Å². The van der Waals surface area contributed by atoms with Crippen molar-refractivity contribution in [1.29, 1.82) is 0 Å². The van der Waals surface area contributed by atoms with E-state index in [4.69, 9.17) is 0 Å². The minimum atomic E-state index is -4.70. The normalized spacial score (nSPS) is 12.8. The summed E-state index contributed by atoms with van der Waals surface area (Å²) in [6.45, 7) is 3.06. The summed E-state index contributed by atoms with van der Waals surface area (Å²) in [5.74, 6) is -0.321. The first-order valence-electron chi connectivity index (χ1n) is 8.44. The second kappa shape index (κ2) is 7.86. The van der Waals surface area contributed by atoms with Crippen molar-refractivity contribution in [2.45, 2.75) is 30.2 Å². The number of hydrogen-bond donors (Lipinski definition) is 1. The number of carbonyl (C=O) groups excluding carboxylic acids is 1. The van der Waals surface area contributed by atoms with Crippen LogP contribution in [0, 0.1) is 6.92 Å². The minimum Gasteiger partial charge on any atom is -0.465 e. The molecule has 0 aliphatic carbocycles. The van der Waals surface area contributed by atoms with Crippen LogP contribution in [0.1, 0.15) is 39.6 Å². The molecule has 0 saturated heterocycles. The lowest BCUT2D eigenvalue weighted by Crippen LogP contribution is -2.17. The van der Waals surface area contributed by atoms with Crippen molar-refractivity contribution in [1.82, 2.24) is 15.0 Å². The number of rotatable bonds is 4. The maximum absolute atomic E-state index is 13.6. The van der Waals surface area contributed by atoms with Crippen LogP contribution in [-0.4, -0.2) is 28.0 Å². The van der Waals surface area contributed by atoms with E-state index >= 15 is 0 Å². The molecule has 0 amide bonds. The van der Waals surface area contributed by atoms with Gasteiger partial charge in [0.2, 0.25) is 0 Å². The molecule has 0 bridgehead atoms. The summed E-state index contributed by atoms with van der Waals surface area (Å²) in [6.07, 6.45) is -4.70. The molecular weight excluding hydrogens is 407 g/mol. The molecule has 0 aliphatic heterocycles. The van der Waals surface area contributed by atoms with E-state index in [0.29, 0.717) is 10.5 Å². The number of aryl methyl sites for hydroxylation is 1. The molecule has 2 aromatic heterocycles. The van der Waals surface area contributed by atoms with Gasteiger partial charge < -0.3 is 9.72 Å². The van der Waals surface area contributed by atoms with E-state index in [2.05, 4.69) is 19.7 Å². The average molecular weight is 423 g/mol. The molecule has 1 N–H and O–H groups in total. The number of H-pyrrole nitrogens is 1. The summed E-state index contributed by atoms with van der Waals surface area (Å²) in [5, 5.41) is -0.680. The first kappa shape index (κ1) is 20.8. The van der Waals surface area contributed by atoms with Crippen LogP contribution in [0.15, 0.2) is 40.0 Å². The molecule has 1 atom stereocenters. The van der Waals surface area contributed by atoms with Crippen LogP contribution in [-0.2, 0) is 10.9 Å². The Morgan fingerprint density at radius 1 is 1.21 bits per heavy atom. The lowest BCUT2D eigenvalue weighted by molar-refractivity contribution is -0.141. The first-order chi connectivity index (χ1) is 13.6. The van der Waals surface area contributed by atoms with Gasteiger partial charge in [0.1, 0.15) is 5.82 Å². The predicted molar refractivity (Wildman–Crippen MR) is 102 cm³/mol. The fourth-order valence-electron chi connectivity index (χ4n) is 2.78. The van der Waals surface area contributed by atoms with Crippen molar-refractivity contribution in [3.8, 4) is 0 Å². The van der Waals surface area contributed by atoms with Gasteiger partial charge in [0.15, 0.2) is 11.3 Å². The molecule has 3 aromatic rings. The summed E-state index contributed by atoms with van der Waals surface area (Å²) < 4.78 is 45.5. The highest BCUT2D eigenvalue weighted by atomic mass is 32.2. The van der Waals surface area contributed by atoms with Gasteiger partial charge >= 0.3 is 12.1 Å². The van der Waals surface area contributed by atoms with Crippen LogP contribution in [0.2, 0.25) is 0 Å². The van der Waals surface area contributed by atoms with Gasteiger partial charge in [-0.05, 0) is 49.7 Å². The van der Waals surface area contributed by atoms with Gasteiger partial charge in [0, 0.05) is 10.1 Å². The smallest absolute Gasteiger partial charge is 0.433 e. The zero-order valence-electron chi connectivity index (χ0n) is 15.6. The molecule has 29 heavy (non-hydrogen) atoms. The topological polar surface area (TPSA) is 84.9 Å². The molecule has 10 heteroatoms. The fourth-order valence-corrected chi connectivity index (χ4v) is 3.79. The third-order valence-electron chi connectivity index (χ3n) is 4.14. The predicted octanol–water partition coefficient (Wildman–Crippen LogP) is 4.29. The first-order valence-corrected chi connectivity index (χ1v) is 9.32. The molecule has 0 aliphatic rings. The maximum atomic E-state index is 13.6. The van der Waals surface area contributed by atoms with Gasteiger partial charge in [0.05, 0.1) is 18.1 Å². The molecule has 1 unspecified atom stereocenters. The summed E-state index contributed by atoms with van der Waals surface area (Å²) >= 11 is 1.15. The van der Waals surface area contributed by atoms with E-state index in [1.807, 2.05) is 0 Å². The zero-order chi connectivity index (χ0) is 21.3. The molecule has 6 nitrogen and oxygen atoms in total. The number of nitrogens with zero attached hydrogens (tertiary/aromatic N) is 2. The third kappa shape index (κ3) is 4.42. The van der Waals surface area contributed by atoms with Gasteiger partial charge in [-0.3, -0.25) is 4.79 Å². The molecule has 3 rings (SSSR count). The van der Waals surface area contributed by atoms with Crippen LogP contribution < -0.4 is 5.56 Å². The fraction of sp³-hybridized carbons (Fsp3) is 0.263. The zero-order valence-corrected chi connectivity index (χ0v) is 16.4. The van der Waals surface area contributed by atoms with Crippen molar-refractivity contribution < 1.29 is 22.7 Å². The highest BCUT2D eigenvalue weighted by Crippen LogP contribution is 2.41. The highest BCUT2D eigenvalue weighted by Gasteiger charge is 2.37. The summed E-state index contributed by atoms with van der Waals surface area (Å²) in [7, 11) is 1.26. The Hall–Kier alpha value is -2.88. The largest absolute Gasteiger partial charge is 0.465 e. The van der Waals surface area contributed by atoms with Crippen molar-refractivity contribution in [3.05, 3.63) is 63.3 Å². The van der Waals surface area contributed by atoms with E-state index in [1.54, 1.807) is 19.1 Å². The number of esters is 1. The van der Waals surface area contributed by atoms with Crippen molar-refractivity contribution in [3.63, 3.8) is 0 Å². The Morgan fingerprint density at radius 2 is 1.86 bits per heavy atom. The van der Waals surface area contributed by atoms with Crippen molar-refractivity contribution in [2.24, 2.45) is 0 Å². The SMILES string of the molecule is COC(=O)c1ccc(SC(C)c2cc3c(=O)[nH]c(C)nc3nc2C(F)(F)F)cc1. The van der Waals surface area contributed by atoms with E-state index in [1.165, 1.54) is 32.2 Å². The number of nitrogens with one attached hydrogen (secondary N) is 1. The molecule has 0 spiro atoms. The Labute approximate surface area is 167 Å². The van der Waals surface area contributed by atoms with Crippen LogP contribution in [0.4, 0.5) is 13.2 Å². The standard InChI is InChI=1S/C19H16F3N3O3S/c1-9(29-12-6-4-11(5-7-12)18(27)28-3)13-8-14-16(23-10(2)24-17(14)26)25-15(13)19(20,21)22/h4-9H,1-3H3,(H,23,24,25,26). The number of aromatic nitrogens is 3. The number of halogens is 3. The number of benzene rings is 1. The number of hydrogen-bond acceptors (Lipinski definition) is 6. The lowest BCUT2D eigenvalue weighted by Gasteiger charge is -2.18. The molecule has 0 radical (unpaired) electrons. The summed E-state index contributed by atoms with van der Waals surface area (Å²) in [5.41, 5.74) is -1.66. The number of carbonyl (C=O) groups is 1. The van der Waals surface area contributed by atoms with E-state index < -0.39 is 28.6 Å². The molecule has 0 saturated carbocycles. The minimum absolute atomic E-state index is 0.00732. The lowest BCUT2D eigenvalue weighted by atomic mass is 10.1. The number of methoxy groups -OCH3 is 1. The summed E-state index contributed by atoms with van der Waals surface area (Å²) in [4.78, 5) is 34.3. The van der Waals surface area contributed by atoms with Crippen LogP contribution in [0.5, 0.6) is 0 Å². The number of fused-ring (bicyclic) bond motifs is 1. The number of alkyl halides is 3. The molecule has 152 valence electrons. The number of aromatic amines is 1. The Balaban J connectivity index is 2.03. The second-order valence-corrected chi connectivity index (χ2v) is 7.64. The number of pyridine rings is 1. The maximum Gasteiger partial charge on any atom is 0.433 e. The summed E-state index contributed by atoms with van der Waals surface area (Å²) in [6, 6.07) is 7.49. The van der Waals surface area contributed by atoms with Crippen LogP contribution in [0.3, 0.4) is 0 Å². The van der Waals surface area contributed by atoms with Crippen molar-refractivity contribution >= 4 is 28.8 Å². The third-order valence-corrected chi connectivity index (χ3v) is 5.29. The molecule has 0 fully saturated rings. The van der Waals surface area contributed by atoms with E-state index in [9.17, 15) is 22.8 Å². The Kier molecular flexibility index (Phi) is 5.65. The number of ether oxygens (including phenoxy) is 1. The second-order valence-electron chi connectivity index (χ2n) is 6.22. The van der Waals surface area contributed by atoms with Gasteiger partial charge in [-0.2, -0.15) is 13.2 Å². The van der Waals surface area contributed by atoms with Gasteiger partial charge in [-0.1, -0.05) is 0 Å². The molecule has 2 heterocycles. The monoisotopic (exact) mass is 423 g/mol. The molecular formula is C19H16F3N3O3S. The molecule has 1 aromatic carbocycles. The average Bonchev–Trinajstić information content (AvgIpc) is 2.66. The quantitative estimate of drug-likeness (QED) is 0.498. The van der Waals surface area contributed by atoms with Crippen LogP contribution in [0.25, 0.3) is 11.0 Å². The highest BCUT2D eigenvalue weighted by molar-refractivity contribution is 7.99. The van der Waals surface area contributed by atoms with Gasteiger partial charge in [0.25, 0.3) is 5.56 Å². The van der Waals surface area contributed by atoms with E-state index in [-0.39, 0.29) is 22.4 Å². The van der Waals surface area contributed by atoms with Crippen LogP contribution >= 0.6 is 11.8 Å². The van der Waals surface area contributed by atoms with Gasteiger partial charge in [-0.25, -0.2) is 14.8 Å². The van der Waals surface area contributed by atoms with E-state index in [0.717, 1.165) is 11.8 Å². The Bertz CT molecular complexity index is 1130. The van der Waals surface area contributed by atoms with Gasteiger partial charge in [-0.15, -0.1) is 11.8 Å².